The standard InChI is InChI=1S/C45H74O20/c1-18(17-59-40-36(55)33(52)31(50)26(14-46)61-40)7-10-45(58)19(2)30-25(65-45)13-24-22-6-5-20-11-21(12-29(49)44(20,4)23(22)8-9-43(24,30)3)60-41-38(57)35(54)39(28(16-48)63-41)64-42-37(56)34(53)32(51)27(15-47)62-42/h19-42,46-58H,1,5-17H2,2-4H3. The molecule has 13 N–H and O–H groups in total. The Labute approximate surface area is 378 Å². The quantitative estimate of drug-likeness (QED) is 0.0651. The molecule has 20 heteroatoms. The van der Waals surface area contributed by atoms with Gasteiger partial charge in [-0.25, -0.2) is 0 Å². The van der Waals surface area contributed by atoms with Crippen LogP contribution in [0.3, 0.4) is 0 Å². The first-order valence-electron chi connectivity index (χ1n) is 23.6. The summed E-state index contributed by atoms with van der Waals surface area (Å²) >= 11 is 0. The molecule has 27 atom stereocenters. The molecule has 0 spiro atoms. The average Bonchev–Trinajstić information content (AvgIpc) is 3.72. The van der Waals surface area contributed by atoms with Gasteiger partial charge in [0.05, 0.1) is 44.7 Å². The Kier molecular flexibility index (Phi) is 14.9. The van der Waals surface area contributed by atoms with Crippen LogP contribution in [0.15, 0.2) is 12.2 Å². The third-order valence-corrected chi connectivity index (χ3v) is 17.8. The molecule has 8 rings (SSSR count). The smallest absolute Gasteiger partial charge is 0.187 e. The van der Waals surface area contributed by atoms with E-state index in [-0.39, 0.29) is 54.6 Å². The van der Waals surface area contributed by atoms with Crippen molar-refractivity contribution in [2.24, 2.45) is 46.3 Å². The first-order valence-corrected chi connectivity index (χ1v) is 23.6. The lowest BCUT2D eigenvalue weighted by molar-refractivity contribution is -0.365. The van der Waals surface area contributed by atoms with E-state index < -0.39 is 135 Å². The first-order chi connectivity index (χ1) is 30.7. The van der Waals surface area contributed by atoms with Gasteiger partial charge in [0.1, 0.15) is 73.2 Å². The van der Waals surface area contributed by atoms with Crippen LogP contribution in [-0.4, -0.2) is 209 Å². The van der Waals surface area contributed by atoms with Crippen molar-refractivity contribution in [2.75, 3.05) is 26.4 Å². The van der Waals surface area contributed by atoms with E-state index in [2.05, 4.69) is 27.4 Å². The number of aliphatic hydroxyl groups is 13. The summed E-state index contributed by atoms with van der Waals surface area (Å²) in [7, 11) is 0. The lowest BCUT2D eigenvalue weighted by Gasteiger charge is -2.62. The number of ether oxygens (including phenoxy) is 7. The van der Waals surface area contributed by atoms with Gasteiger partial charge >= 0.3 is 0 Å². The minimum absolute atomic E-state index is 0.0437. The molecule has 374 valence electrons. The fourth-order valence-electron chi connectivity index (χ4n) is 14.1. The second-order valence-electron chi connectivity index (χ2n) is 21.1. The Morgan fingerprint density at radius 3 is 1.89 bits per heavy atom. The van der Waals surface area contributed by atoms with E-state index in [9.17, 15) is 66.4 Å². The summed E-state index contributed by atoms with van der Waals surface area (Å²) in [6.45, 7) is 8.68. The molecule has 4 heterocycles. The van der Waals surface area contributed by atoms with Gasteiger partial charge in [-0.15, -0.1) is 0 Å². The Hall–Kier alpha value is -1.06. The summed E-state index contributed by atoms with van der Waals surface area (Å²) in [5.74, 6) is -0.496. The molecule has 4 aliphatic heterocycles. The van der Waals surface area contributed by atoms with Crippen LogP contribution in [0, 0.1) is 46.3 Å². The summed E-state index contributed by atoms with van der Waals surface area (Å²) in [4.78, 5) is 0. The van der Waals surface area contributed by atoms with Crippen molar-refractivity contribution in [2.45, 2.75) is 195 Å². The second kappa shape index (κ2) is 19.3. The van der Waals surface area contributed by atoms with Crippen LogP contribution in [0.2, 0.25) is 0 Å². The van der Waals surface area contributed by atoms with Crippen LogP contribution >= 0.6 is 0 Å². The molecule has 4 aliphatic carbocycles. The van der Waals surface area contributed by atoms with Crippen LogP contribution in [-0.2, 0) is 33.2 Å². The largest absolute Gasteiger partial charge is 0.394 e. The zero-order valence-corrected chi connectivity index (χ0v) is 37.4. The lowest BCUT2D eigenvalue weighted by Crippen LogP contribution is -2.65. The van der Waals surface area contributed by atoms with E-state index in [1.807, 2.05) is 0 Å². The molecule has 0 bridgehead atoms. The summed E-state index contributed by atoms with van der Waals surface area (Å²) in [6, 6.07) is 0. The monoisotopic (exact) mass is 934 g/mol. The number of hydrogen-bond acceptors (Lipinski definition) is 20. The topological polar surface area (TPSA) is 328 Å². The minimum Gasteiger partial charge on any atom is -0.394 e. The van der Waals surface area contributed by atoms with Crippen molar-refractivity contribution in [3.63, 3.8) is 0 Å². The summed E-state index contributed by atoms with van der Waals surface area (Å²) in [5, 5.41) is 137. The van der Waals surface area contributed by atoms with Crippen LogP contribution < -0.4 is 0 Å². The molecule has 0 aromatic carbocycles. The maximum atomic E-state index is 12.1. The van der Waals surface area contributed by atoms with E-state index in [4.69, 9.17) is 33.2 Å². The van der Waals surface area contributed by atoms with E-state index in [0.29, 0.717) is 30.3 Å². The molecule has 4 saturated carbocycles. The predicted molar refractivity (Wildman–Crippen MR) is 220 cm³/mol. The number of hydrogen-bond donors (Lipinski definition) is 13. The maximum Gasteiger partial charge on any atom is 0.187 e. The van der Waals surface area contributed by atoms with Crippen LogP contribution in [0.4, 0.5) is 0 Å². The van der Waals surface area contributed by atoms with Gasteiger partial charge in [-0.1, -0.05) is 32.9 Å². The molecule has 8 aliphatic rings. The molecule has 0 radical (unpaired) electrons. The highest BCUT2D eigenvalue weighted by Crippen LogP contribution is 2.71. The summed E-state index contributed by atoms with van der Waals surface area (Å²) < 4.78 is 41.1. The SMILES string of the molecule is C=C(CCC1(O)OC2CC3C4CCC5CC(OC6OC(CO)C(OC7OC(CO)C(O)C(O)C7O)C(O)C6O)CC(O)C5(C)C4CCC3(C)C2C1C)COC1OC(CO)C(O)C(O)C1O. The highest BCUT2D eigenvalue weighted by Gasteiger charge is 2.69. The van der Waals surface area contributed by atoms with Crippen molar-refractivity contribution in [3.8, 4) is 0 Å². The van der Waals surface area contributed by atoms with Crippen LogP contribution in [0.25, 0.3) is 0 Å². The molecule has 27 unspecified atom stereocenters. The molecule has 4 saturated heterocycles. The van der Waals surface area contributed by atoms with Gasteiger partial charge in [0.15, 0.2) is 24.7 Å². The average molecular weight is 935 g/mol. The zero-order chi connectivity index (χ0) is 47.1. The van der Waals surface area contributed by atoms with E-state index in [0.717, 1.165) is 32.1 Å². The molecule has 65 heavy (non-hydrogen) atoms. The normalized spacial score (nSPS) is 55.5. The summed E-state index contributed by atoms with van der Waals surface area (Å²) in [6.07, 6.45) is -18.1. The van der Waals surface area contributed by atoms with Crippen molar-refractivity contribution < 1.29 is 99.5 Å². The number of aliphatic hydroxyl groups excluding tert-OH is 12. The van der Waals surface area contributed by atoms with Gasteiger partial charge in [-0.05, 0) is 85.4 Å². The van der Waals surface area contributed by atoms with Gasteiger partial charge in [-0.2, -0.15) is 0 Å². The van der Waals surface area contributed by atoms with Crippen LogP contribution in [0.5, 0.6) is 0 Å². The molecule has 0 aromatic rings. The molecule has 20 nitrogen and oxygen atoms in total. The van der Waals surface area contributed by atoms with Crippen molar-refractivity contribution in [1.82, 2.24) is 0 Å². The maximum absolute atomic E-state index is 12.1. The first kappa shape index (κ1) is 50.3. The Balaban J connectivity index is 0.853. The van der Waals surface area contributed by atoms with Gasteiger partial charge in [0.25, 0.3) is 0 Å². The molecule has 0 aromatic heterocycles. The predicted octanol–water partition coefficient (Wildman–Crippen LogP) is -2.89. The minimum atomic E-state index is -1.78. The Bertz CT molecular complexity index is 1640. The van der Waals surface area contributed by atoms with Crippen molar-refractivity contribution in [1.29, 1.82) is 0 Å². The molecule has 8 fully saturated rings. The number of fused-ring (bicyclic) bond motifs is 7. The molecule has 0 amide bonds. The fourth-order valence-corrected chi connectivity index (χ4v) is 14.1. The third kappa shape index (κ3) is 8.70. The third-order valence-electron chi connectivity index (χ3n) is 17.8. The highest BCUT2D eigenvalue weighted by atomic mass is 16.7. The van der Waals surface area contributed by atoms with Crippen LogP contribution in [0.1, 0.15) is 78.6 Å². The van der Waals surface area contributed by atoms with E-state index in [1.54, 1.807) is 0 Å². The van der Waals surface area contributed by atoms with Crippen molar-refractivity contribution >= 4 is 0 Å². The number of rotatable bonds is 13. The van der Waals surface area contributed by atoms with E-state index >= 15 is 0 Å². The molecular formula is C45H74O20. The lowest BCUT2D eigenvalue weighted by atomic mass is 9.43. The highest BCUT2D eigenvalue weighted by molar-refractivity contribution is 5.16. The van der Waals surface area contributed by atoms with Crippen molar-refractivity contribution in [3.05, 3.63) is 12.2 Å². The van der Waals surface area contributed by atoms with E-state index in [1.165, 1.54) is 0 Å². The van der Waals surface area contributed by atoms with Gasteiger partial charge < -0.3 is 99.5 Å². The Morgan fingerprint density at radius 2 is 1.25 bits per heavy atom. The fraction of sp³-hybridized carbons (Fsp3) is 0.956. The van der Waals surface area contributed by atoms with Gasteiger partial charge in [-0.3, -0.25) is 0 Å². The zero-order valence-electron chi connectivity index (χ0n) is 37.4. The Morgan fingerprint density at radius 1 is 0.662 bits per heavy atom. The second-order valence-corrected chi connectivity index (χ2v) is 21.1. The van der Waals surface area contributed by atoms with Gasteiger partial charge in [0.2, 0.25) is 0 Å². The summed E-state index contributed by atoms with van der Waals surface area (Å²) in [5.41, 5.74) is 0.0895. The van der Waals surface area contributed by atoms with Gasteiger partial charge in [0, 0.05) is 18.8 Å². The molecular weight excluding hydrogens is 860 g/mol.